The molecule has 0 bridgehead atoms. The van der Waals surface area contributed by atoms with Crippen LogP contribution in [0.4, 0.5) is 0 Å². The summed E-state index contributed by atoms with van der Waals surface area (Å²) in [7, 11) is 0. The second-order valence-corrected chi connectivity index (χ2v) is 9.42. The van der Waals surface area contributed by atoms with Gasteiger partial charge in [-0.15, -0.1) is 0 Å². The second-order valence-electron chi connectivity index (χ2n) is 4.55. The third-order valence-electron chi connectivity index (χ3n) is 1.65. The molecule has 0 nitrogen and oxygen atoms in total. The van der Waals surface area contributed by atoms with Gasteiger partial charge in [0, 0.05) is 0 Å². The van der Waals surface area contributed by atoms with Gasteiger partial charge in [0.25, 0.3) is 0 Å². The van der Waals surface area contributed by atoms with Crippen LogP contribution in [0.15, 0.2) is 0 Å². The Balaban J connectivity index is 2.93. The molecule has 15 heavy (non-hydrogen) atoms. The predicted molar refractivity (Wildman–Crippen MR) is 79.7 cm³/mol. The molecule has 0 unspecified atom stereocenters. The molecule has 0 fully saturated rings. The molecule has 0 N–H and O–H groups in total. The van der Waals surface area contributed by atoms with Crippen molar-refractivity contribution in [3.8, 4) is 0 Å². The molecule has 3 heteroatoms. The topological polar surface area (TPSA) is 0 Å². The Kier molecular flexibility index (Phi) is 12.6. The van der Waals surface area contributed by atoms with Gasteiger partial charge in [-0.3, -0.25) is 0 Å². The maximum absolute atomic E-state index is 2.31. The first-order chi connectivity index (χ1) is 7.13. The van der Waals surface area contributed by atoms with Gasteiger partial charge in [-0.1, -0.05) is 0 Å². The molecule has 0 spiro atoms. The summed E-state index contributed by atoms with van der Waals surface area (Å²) in [5.41, 5.74) is 0. The Hall–Kier alpha value is 1.22. The van der Waals surface area contributed by atoms with E-state index in [1.165, 1.54) is 33.6 Å². The molecular formula is C12H26S2Se. The van der Waals surface area contributed by atoms with Crippen LogP contribution in [0.25, 0.3) is 0 Å². The number of hydrogen-bond donors (Lipinski definition) is 0. The first kappa shape index (κ1) is 16.2. The molecule has 0 saturated heterocycles. The number of hydrogen-bond acceptors (Lipinski definition) is 2. The van der Waals surface area contributed by atoms with Crippen LogP contribution in [0.5, 0.6) is 0 Å². The molecule has 0 aliphatic carbocycles. The van der Waals surface area contributed by atoms with E-state index < -0.39 is 0 Å². The van der Waals surface area contributed by atoms with Crippen molar-refractivity contribution < 1.29 is 0 Å². The van der Waals surface area contributed by atoms with Gasteiger partial charge in [0.2, 0.25) is 0 Å². The molecule has 0 saturated carbocycles. The SMILES string of the molecule is CC(C)CSCC[Se]CCSCC(C)C. The zero-order chi connectivity index (χ0) is 11.5. The third-order valence-corrected chi connectivity index (χ3v) is 7.67. The molecule has 0 aromatic heterocycles. The quantitative estimate of drug-likeness (QED) is 0.435. The fourth-order valence-corrected chi connectivity index (χ4v) is 6.12. The number of rotatable bonds is 10. The van der Waals surface area contributed by atoms with Gasteiger partial charge < -0.3 is 0 Å². The van der Waals surface area contributed by atoms with E-state index in [2.05, 4.69) is 51.2 Å². The van der Waals surface area contributed by atoms with E-state index in [-0.39, 0.29) is 0 Å². The third kappa shape index (κ3) is 15.2. The van der Waals surface area contributed by atoms with Crippen LogP contribution in [-0.2, 0) is 0 Å². The van der Waals surface area contributed by atoms with Gasteiger partial charge in [0.1, 0.15) is 0 Å². The van der Waals surface area contributed by atoms with Crippen LogP contribution in [-0.4, -0.2) is 38.0 Å². The van der Waals surface area contributed by atoms with Crippen LogP contribution in [0.3, 0.4) is 0 Å². The average Bonchev–Trinajstić information content (AvgIpc) is 2.14. The minimum atomic E-state index is 0.865. The van der Waals surface area contributed by atoms with Gasteiger partial charge in [-0.25, -0.2) is 0 Å². The minimum absolute atomic E-state index is 0.865. The fraction of sp³-hybridized carbons (Fsp3) is 1.00. The van der Waals surface area contributed by atoms with Crippen LogP contribution in [0, 0.1) is 11.8 Å². The Bertz CT molecular complexity index is 113. The molecular weight excluding hydrogens is 287 g/mol. The van der Waals surface area contributed by atoms with Crippen LogP contribution < -0.4 is 0 Å². The van der Waals surface area contributed by atoms with Crippen molar-refractivity contribution in [2.45, 2.75) is 38.3 Å². The van der Waals surface area contributed by atoms with Crippen molar-refractivity contribution in [1.29, 1.82) is 0 Å². The molecule has 92 valence electrons. The zero-order valence-corrected chi connectivity index (χ0v) is 14.0. The monoisotopic (exact) mass is 314 g/mol. The van der Waals surface area contributed by atoms with E-state index in [1.807, 2.05) is 0 Å². The average molecular weight is 313 g/mol. The van der Waals surface area contributed by atoms with E-state index in [9.17, 15) is 0 Å². The van der Waals surface area contributed by atoms with Crippen LogP contribution in [0.1, 0.15) is 27.7 Å². The number of thioether (sulfide) groups is 2. The van der Waals surface area contributed by atoms with Gasteiger partial charge in [-0.2, -0.15) is 0 Å². The Morgan fingerprint density at radius 1 is 0.800 bits per heavy atom. The van der Waals surface area contributed by atoms with Gasteiger partial charge in [0.05, 0.1) is 0 Å². The van der Waals surface area contributed by atoms with Crippen molar-refractivity contribution in [2.75, 3.05) is 23.0 Å². The zero-order valence-electron chi connectivity index (χ0n) is 10.6. The Morgan fingerprint density at radius 3 is 1.53 bits per heavy atom. The van der Waals surface area contributed by atoms with Gasteiger partial charge in [-0.05, 0) is 0 Å². The van der Waals surface area contributed by atoms with Crippen molar-refractivity contribution in [1.82, 2.24) is 0 Å². The molecule has 0 radical (unpaired) electrons. The normalized spacial score (nSPS) is 11.6. The molecule has 0 aromatic carbocycles. The fourth-order valence-electron chi connectivity index (χ4n) is 0.976. The summed E-state index contributed by atoms with van der Waals surface area (Å²) >= 11 is 5.19. The summed E-state index contributed by atoms with van der Waals surface area (Å²) in [4.78, 5) is 0. The maximum atomic E-state index is 2.31. The molecule has 0 heterocycles. The van der Waals surface area contributed by atoms with Crippen molar-refractivity contribution in [2.24, 2.45) is 11.8 Å². The van der Waals surface area contributed by atoms with E-state index in [1.54, 1.807) is 0 Å². The standard InChI is InChI=1S/C12H26S2Se/c1-11(2)9-13-5-7-15-8-6-14-10-12(3)4/h11-12H,5-10H2,1-4H3. The van der Waals surface area contributed by atoms with Crippen LogP contribution in [0.2, 0.25) is 10.6 Å². The second kappa shape index (κ2) is 11.7. The summed E-state index contributed by atoms with van der Waals surface area (Å²) < 4.78 is 0. The molecule has 0 aromatic rings. The first-order valence-electron chi connectivity index (χ1n) is 5.86. The van der Waals surface area contributed by atoms with Gasteiger partial charge >= 0.3 is 112 Å². The predicted octanol–water partition coefficient (Wildman–Crippen LogP) is 4.31. The van der Waals surface area contributed by atoms with Gasteiger partial charge in [0.15, 0.2) is 0 Å². The molecule has 0 amide bonds. The van der Waals surface area contributed by atoms with Crippen molar-refractivity contribution in [3.63, 3.8) is 0 Å². The Labute approximate surface area is 111 Å². The Morgan fingerprint density at radius 2 is 1.20 bits per heavy atom. The molecule has 0 aliphatic rings. The summed E-state index contributed by atoms with van der Waals surface area (Å²) in [6.45, 7) is 9.22. The summed E-state index contributed by atoms with van der Waals surface area (Å²) in [6.07, 6.45) is 0. The summed E-state index contributed by atoms with van der Waals surface area (Å²) in [6, 6.07) is 0. The first-order valence-corrected chi connectivity index (χ1v) is 10.6. The molecule has 0 rings (SSSR count). The molecule has 0 atom stereocenters. The van der Waals surface area contributed by atoms with E-state index >= 15 is 0 Å². The van der Waals surface area contributed by atoms with E-state index in [0.29, 0.717) is 0 Å². The van der Waals surface area contributed by atoms with E-state index in [0.717, 1.165) is 26.8 Å². The molecule has 0 aliphatic heterocycles. The summed E-state index contributed by atoms with van der Waals surface area (Å²) in [5.74, 6) is 7.21. The van der Waals surface area contributed by atoms with Crippen molar-refractivity contribution in [3.05, 3.63) is 0 Å². The summed E-state index contributed by atoms with van der Waals surface area (Å²) in [5, 5.41) is 2.96. The van der Waals surface area contributed by atoms with Crippen LogP contribution >= 0.6 is 23.5 Å². The van der Waals surface area contributed by atoms with E-state index in [4.69, 9.17) is 0 Å². The van der Waals surface area contributed by atoms with Crippen molar-refractivity contribution >= 4 is 38.5 Å².